The van der Waals surface area contributed by atoms with E-state index in [2.05, 4.69) is 11.4 Å². The van der Waals surface area contributed by atoms with E-state index in [0.29, 0.717) is 23.8 Å². The minimum atomic E-state index is -0.177. The molecule has 0 heterocycles. The van der Waals surface area contributed by atoms with Crippen LogP contribution >= 0.6 is 0 Å². The maximum atomic E-state index is 11.9. The molecule has 0 aliphatic heterocycles. The zero-order chi connectivity index (χ0) is 17.5. The van der Waals surface area contributed by atoms with E-state index in [4.69, 9.17) is 14.2 Å². The summed E-state index contributed by atoms with van der Waals surface area (Å²) in [5.41, 5.74) is 3.14. The van der Waals surface area contributed by atoms with Gasteiger partial charge in [-0.1, -0.05) is 12.1 Å². The van der Waals surface area contributed by atoms with E-state index in [1.807, 2.05) is 44.2 Å². The van der Waals surface area contributed by atoms with Gasteiger partial charge in [0.1, 0.15) is 5.75 Å². The van der Waals surface area contributed by atoms with E-state index in [9.17, 15) is 4.79 Å². The van der Waals surface area contributed by atoms with Crippen molar-refractivity contribution in [3.05, 3.63) is 53.1 Å². The molecular formula is C19H23NO4. The Morgan fingerprint density at radius 1 is 0.958 bits per heavy atom. The van der Waals surface area contributed by atoms with Crippen LogP contribution in [0.25, 0.3) is 0 Å². The van der Waals surface area contributed by atoms with Crippen molar-refractivity contribution in [3.63, 3.8) is 0 Å². The second kappa shape index (κ2) is 8.24. The number of methoxy groups -OCH3 is 2. The lowest BCUT2D eigenvalue weighted by atomic mass is 10.1. The highest BCUT2D eigenvalue weighted by molar-refractivity contribution is 5.77. The molecule has 0 saturated carbocycles. The summed E-state index contributed by atoms with van der Waals surface area (Å²) in [4.78, 5) is 11.9. The van der Waals surface area contributed by atoms with Gasteiger partial charge in [0.05, 0.1) is 14.2 Å². The number of rotatable bonds is 7. The fourth-order valence-corrected chi connectivity index (χ4v) is 2.41. The zero-order valence-electron chi connectivity index (χ0n) is 14.5. The van der Waals surface area contributed by atoms with Crippen molar-refractivity contribution < 1.29 is 19.0 Å². The molecule has 24 heavy (non-hydrogen) atoms. The molecule has 1 amide bonds. The molecule has 0 saturated heterocycles. The standard InChI is InChI=1S/C19H23NO4/c1-13-7-14(2)9-16(8-13)24-12-19(21)20-11-15-5-6-17(22-3)18(10-15)23-4/h5-10H,11-12H2,1-4H3,(H,20,21). The third kappa shape index (κ3) is 4.91. The first-order valence-electron chi connectivity index (χ1n) is 7.70. The van der Waals surface area contributed by atoms with E-state index < -0.39 is 0 Å². The Labute approximate surface area is 142 Å². The Kier molecular flexibility index (Phi) is 6.07. The van der Waals surface area contributed by atoms with Gasteiger partial charge in [-0.15, -0.1) is 0 Å². The van der Waals surface area contributed by atoms with Crippen LogP contribution in [0.3, 0.4) is 0 Å². The van der Waals surface area contributed by atoms with Gasteiger partial charge in [0, 0.05) is 6.54 Å². The minimum Gasteiger partial charge on any atom is -0.493 e. The molecule has 0 fully saturated rings. The molecule has 5 heteroatoms. The third-order valence-electron chi connectivity index (χ3n) is 3.50. The fourth-order valence-electron chi connectivity index (χ4n) is 2.41. The Morgan fingerprint density at radius 3 is 2.25 bits per heavy atom. The number of amides is 1. The highest BCUT2D eigenvalue weighted by Gasteiger charge is 2.07. The summed E-state index contributed by atoms with van der Waals surface area (Å²) in [7, 11) is 3.17. The van der Waals surface area contributed by atoms with E-state index >= 15 is 0 Å². The fraction of sp³-hybridized carbons (Fsp3) is 0.316. The van der Waals surface area contributed by atoms with Crippen LogP contribution in [0.2, 0.25) is 0 Å². The SMILES string of the molecule is COc1ccc(CNC(=O)COc2cc(C)cc(C)c2)cc1OC. The largest absolute Gasteiger partial charge is 0.493 e. The summed E-state index contributed by atoms with van der Waals surface area (Å²) in [5.74, 6) is 1.82. The number of benzene rings is 2. The zero-order valence-corrected chi connectivity index (χ0v) is 14.5. The first kappa shape index (κ1) is 17.7. The topological polar surface area (TPSA) is 56.8 Å². The van der Waals surface area contributed by atoms with E-state index in [1.165, 1.54) is 0 Å². The average molecular weight is 329 g/mol. The summed E-state index contributed by atoms with van der Waals surface area (Å²) >= 11 is 0. The number of carbonyl (C=O) groups excluding carboxylic acids is 1. The minimum absolute atomic E-state index is 0.0177. The predicted octanol–water partition coefficient (Wildman–Crippen LogP) is 3.02. The van der Waals surface area contributed by atoms with E-state index in [-0.39, 0.29) is 12.5 Å². The average Bonchev–Trinajstić information content (AvgIpc) is 2.57. The first-order chi connectivity index (χ1) is 11.5. The molecule has 0 aliphatic carbocycles. The van der Waals surface area contributed by atoms with Gasteiger partial charge < -0.3 is 19.5 Å². The van der Waals surface area contributed by atoms with Crippen LogP contribution in [0.15, 0.2) is 36.4 Å². The van der Waals surface area contributed by atoms with Crippen LogP contribution in [-0.2, 0) is 11.3 Å². The predicted molar refractivity (Wildman–Crippen MR) is 92.8 cm³/mol. The number of hydrogen-bond donors (Lipinski definition) is 1. The molecule has 0 aromatic heterocycles. The van der Waals surface area contributed by atoms with Crippen LogP contribution in [0.1, 0.15) is 16.7 Å². The first-order valence-corrected chi connectivity index (χ1v) is 7.70. The molecule has 0 bridgehead atoms. The number of aryl methyl sites for hydroxylation is 2. The molecule has 0 radical (unpaired) electrons. The molecule has 2 rings (SSSR count). The lowest BCUT2D eigenvalue weighted by molar-refractivity contribution is -0.123. The second-order valence-electron chi connectivity index (χ2n) is 5.58. The third-order valence-corrected chi connectivity index (χ3v) is 3.50. The molecule has 2 aromatic rings. The molecular weight excluding hydrogens is 306 g/mol. The van der Waals surface area contributed by atoms with Crippen molar-refractivity contribution >= 4 is 5.91 Å². The van der Waals surface area contributed by atoms with Gasteiger partial charge in [-0.25, -0.2) is 0 Å². The maximum absolute atomic E-state index is 11.9. The normalized spacial score (nSPS) is 10.2. The van der Waals surface area contributed by atoms with Crippen molar-refractivity contribution in [3.8, 4) is 17.2 Å². The maximum Gasteiger partial charge on any atom is 0.258 e. The summed E-state index contributed by atoms with van der Waals surface area (Å²) in [6.45, 7) is 4.37. The molecule has 0 spiro atoms. The van der Waals surface area contributed by atoms with E-state index in [1.54, 1.807) is 14.2 Å². The summed E-state index contributed by atoms with van der Waals surface area (Å²) < 4.78 is 16.0. The van der Waals surface area contributed by atoms with Crippen LogP contribution < -0.4 is 19.5 Å². The van der Waals surface area contributed by atoms with Gasteiger partial charge in [-0.3, -0.25) is 4.79 Å². The highest BCUT2D eigenvalue weighted by atomic mass is 16.5. The van der Waals surface area contributed by atoms with Gasteiger partial charge >= 0.3 is 0 Å². The Bertz CT molecular complexity index is 692. The van der Waals surface area contributed by atoms with Gasteiger partial charge in [-0.05, 0) is 54.8 Å². The van der Waals surface area contributed by atoms with Crippen LogP contribution in [0.5, 0.6) is 17.2 Å². The molecule has 128 valence electrons. The Morgan fingerprint density at radius 2 is 1.62 bits per heavy atom. The van der Waals surface area contributed by atoms with Crippen molar-refractivity contribution in [2.45, 2.75) is 20.4 Å². The van der Waals surface area contributed by atoms with Crippen molar-refractivity contribution in [1.82, 2.24) is 5.32 Å². The van der Waals surface area contributed by atoms with Gasteiger partial charge in [0.15, 0.2) is 18.1 Å². The summed E-state index contributed by atoms with van der Waals surface area (Å²) in [6.07, 6.45) is 0. The Balaban J connectivity index is 1.87. The quantitative estimate of drug-likeness (QED) is 0.848. The van der Waals surface area contributed by atoms with Crippen LogP contribution in [0, 0.1) is 13.8 Å². The number of ether oxygens (including phenoxy) is 3. The lowest BCUT2D eigenvalue weighted by Gasteiger charge is -2.11. The molecule has 2 aromatic carbocycles. The summed E-state index contributed by atoms with van der Waals surface area (Å²) in [5, 5.41) is 2.83. The van der Waals surface area contributed by atoms with Crippen molar-refractivity contribution in [2.75, 3.05) is 20.8 Å². The molecule has 0 unspecified atom stereocenters. The van der Waals surface area contributed by atoms with Gasteiger partial charge in [0.25, 0.3) is 5.91 Å². The smallest absolute Gasteiger partial charge is 0.258 e. The van der Waals surface area contributed by atoms with E-state index in [0.717, 1.165) is 16.7 Å². The van der Waals surface area contributed by atoms with Crippen LogP contribution in [0.4, 0.5) is 0 Å². The summed E-state index contributed by atoms with van der Waals surface area (Å²) in [6, 6.07) is 11.4. The second-order valence-corrected chi connectivity index (χ2v) is 5.58. The number of nitrogens with one attached hydrogen (secondary N) is 1. The molecule has 0 atom stereocenters. The van der Waals surface area contributed by atoms with Gasteiger partial charge in [-0.2, -0.15) is 0 Å². The Hall–Kier alpha value is -2.69. The van der Waals surface area contributed by atoms with Crippen LogP contribution in [-0.4, -0.2) is 26.7 Å². The van der Waals surface area contributed by atoms with Crippen molar-refractivity contribution in [1.29, 1.82) is 0 Å². The molecule has 1 N–H and O–H groups in total. The highest BCUT2D eigenvalue weighted by Crippen LogP contribution is 2.27. The monoisotopic (exact) mass is 329 g/mol. The number of hydrogen-bond acceptors (Lipinski definition) is 4. The van der Waals surface area contributed by atoms with Crippen molar-refractivity contribution in [2.24, 2.45) is 0 Å². The molecule has 0 aliphatic rings. The van der Waals surface area contributed by atoms with Gasteiger partial charge in [0.2, 0.25) is 0 Å². The molecule has 5 nitrogen and oxygen atoms in total. The number of carbonyl (C=O) groups is 1. The lowest BCUT2D eigenvalue weighted by Crippen LogP contribution is -2.28.